The first-order valence-electron chi connectivity index (χ1n) is 5.90. The summed E-state index contributed by atoms with van der Waals surface area (Å²) in [5, 5.41) is 37.8. The van der Waals surface area contributed by atoms with Gasteiger partial charge in [0.25, 0.3) is 0 Å². The molecule has 1 heterocycles. The summed E-state index contributed by atoms with van der Waals surface area (Å²) in [5.41, 5.74) is 2.43. The number of hydrogen-bond acceptors (Lipinski definition) is 8. The molecular weight excluding hydrogens is 294 g/mol. The molecule has 112 valence electrons. The Morgan fingerprint density at radius 3 is 2.58 bits per heavy atom. The van der Waals surface area contributed by atoms with E-state index in [1.807, 2.05) is 6.92 Å². The lowest BCUT2D eigenvalue weighted by molar-refractivity contribution is -0.309. The third kappa shape index (κ3) is 4.80. The average Bonchev–Trinajstić information content (AvgIpc) is 2.41. The molecule has 5 atom stereocenters. The summed E-state index contributed by atoms with van der Waals surface area (Å²) >= 11 is 6.34. The van der Waals surface area contributed by atoms with Crippen molar-refractivity contribution in [1.29, 1.82) is 0 Å². The van der Waals surface area contributed by atoms with Gasteiger partial charge in [-0.2, -0.15) is 0 Å². The fraction of sp³-hybridized carbons (Fsp3) is 0.900. The molecule has 0 aromatic carbocycles. The zero-order valence-corrected chi connectivity index (χ0v) is 12.1. The highest BCUT2D eigenvalue weighted by Gasteiger charge is 2.44. The zero-order chi connectivity index (χ0) is 14.4. The topological polar surface area (TPSA) is 111 Å². The summed E-state index contributed by atoms with van der Waals surface area (Å²) in [5.74, 6) is 0.823. The quantitative estimate of drug-likeness (QED) is 0.313. The van der Waals surface area contributed by atoms with Crippen LogP contribution in [0.2, 0.25) is 0 Å². The molecule has 1 aliphatic rings. The Labute approximate surface area is 120 Å². The summed E-state index contributed by atoms with van der Waals surface area (Å²) < 4.78 is 5.50. The molecule has 0 radical (unpaired) electrons. The molecule has 1 unspecified atom stereocenters. The van der Waals surface area contributed by atoms with Crippen molar-refractivity contribution in [3.63, 3.8) is 0 Å². The number of rotatable bonds is 5. The van der Waals surface area contributed by atoms with Gasteiger partial charge in [0.15, 0.2) is 4.32 Å². The van der Waals surface area contributed by atoms with E-state index >= 15 is 0 Å². The highest BCUT2D eigenvalue weighted by atomic mass is 32.2. The molecule has 9 heteroatoms. The van der Waals surface area contributed by atoms with Crippen LogP contribution in [0.1, 0.15) is 13.3 Å². The highest BCUT2D eigenvalue weighted by Crippen LogP contribution is 2.21. The predicted octanol–water partition coefficient (Wildman–Crippen LogP) is -1.26. The Morgan fingerprint density at radius 1 is 1.32 bits per heavy atom. The Balaban J connectivity index is 2.46. The first-order chi connectivity index (χ1) is 9.01. The second kappa shape index (κ2) is 8.32. The average molecular weight is 313 g/mol. The van der Waals surface area contributed by atoms with Gasteiger partial charge in [0.05, 0.1) is 6.61 Å². The van der Waals surface area contributed by atoms with Crippen LogP contribution in [0, 0.1) is 0 Å². The van der Waals surface area contributed by atoms with Gasteiger partial charge < -0.3 is 25.2 Å². The van der Waals surface area contributed by atoms with Gasteiger partial charge in [0.1, 0.15) is 24.4 Å². The molecule has 1 aliphatic heterocycles. The van der Waals surface area contributed by atoms with Gasteiger partial charge in [-0.25, -0.2) is 10.3 Å². The van der Waals surface area contributed by atoms with E-state index in [9.17, 15) is 15.3 Å². The Kier molecular flexibility index (Phi) is 7.47. The Bertz CT molecular complexity index is 293. The van der Waals surface area contributed by atoms with Crippen LogP contribution in [-0.2, 0) is 9.57 Å². The van der Waals surface area contributed by atoms with Crippen LogP contribution in [0.15, 0.2) is 0 Å². The molecule has 5 N–H and O–H groups in total. The maximum atomic E-state index is 9.68. The van der Waals surface area contributed by atoms with Gasteiger partial charge in [-0.1, -0.05) is 30.9 Å². The van der Waals surface area contributed by atoms with Gasteiger partial charge in [-0.05, 0) is 6.42 Å². The number of thioether (sulfide) groups is 1. The SMILES string of the molecule is CCCSC(=S)NOC1O[C@H](CO)[C@H](O)[C@H](O)[C@H]1O. The fourth-order valence-electron chi connectivity index (χ4n) is 1.50. The number of hydrogen-bond donors (Lipinski definition) is 5. The lowest BCUT2D eigenvalue weighted by Gasteiger charge is -2.39. The Hall–Kier alpha value is -0.0000000000000000971. The zero-order valence-electron chi connectivity index (χ0n) is 10.4. The van der Waals surface area contributed by atoms with Gasteiger partial charge in [0.2, 0.25) is 6.29 Å². The molecule has 1 saturated heterocycles. The third-order valence-corrected chi connectivity index (χ3v) is 3.94. The Morgan fingerprint density at radius 2 is 2.00 bits per heavy atom. The van der Waals surface area contributed by atoms with Crippen LogP contribution < -0.4 is 5.48 Å². The number of thiocarbonyl (C=S) groups is 1. The third-order valence-electron chi connectivity index (χ3n) is 2.54. The molecule has 0 spiro atoms. The number of ether oxygens (including phenoxy) is 1. The predicted molar refractivity (Wildman–Crippen MR) is 73.3 cm³/mol. The highest BCUT2D eigenvalue weighted by molar-refractivity contribution is 8.22. The minimum Gasteiger partial charge on any atom is -0.394 e. The largest absolute Gasteiger partial charge is 0.394 e. The van der Waals surface area contributed by atoms with Crippen molar-refractivity contribution in [3.05, 3.63) is 0 Å². The minimum absolute atomic E-state index is 0.374. The molecule has 7 nitrogen and oxygen atoms in total. The van der Waals surface area contributed by atoms with Crippen molar-refractivity contribution in [3.8, 4) is 0 Å². The summed E-state index contributed by atoms with van der Waals surface area (Å²) in [6.45, 7) is 1.51. The first kappa shape index (κ1) is 17.1. The van der Waals surface area contributed by atoms with E-state index in [1.54, 1.807) is 0 Å². The van der Waals surface area contributed by atoms with Gasteiger partial charge >= 0.3 is 0 Å². The van der Waals surface area contributed by atoms with E-state index in [4.69, 9.17) is 26.9 Å². The van der Waals surface area contributed by atoms with Crippen LogP contribution in [0.3, 0.4) is 0 Å². The van der Waals surface area contributed by atoms with Crippen LogP contribution in [0.25, 0.3) is 0 Å². The molecule has 0 aromatic heterocycles. The lowest BCUT2D eigenvalue weighted by atomic mass is 9.99. The number of hydroxylamine groups is 1. The first-order valence-corrected chi connectivity index (χ1v) is 7.29. The number of aliphatic hydroxyl groups excluding tert-OH is 4. The van der Waals surface area contributed by atoms with Crippen molar-refractivity contribution in [1.82, 2.24) is 5.48 Å². The lowest BCUT2D eigenvalue weighted by Crippen LogP contribution is -2.60. The minimum atomic E-state index is -1.46. The molecule has 1 rings (SSSR count). The van der Waals surface area contributed by atoms with Crippen molar-refractivity contribution in [2.24, 2.45) is 0 Å². The van der Waals surface area contributed by atoms with E-state index in [0.717, 1.165) is 12.2 Å². The maximum Gasteiger partial charge on any atom is 0.212 e. The summed E-state index contributed by atoms with van der Waals surface area (Å²) in [7, 11) is 0. The van der Waals surface area contributed by atoms with Crippen LogP contribution in [-0.4, -0.2) is 67.8 Å². The molecular formula is C10H19NO6S2. The summed E-state index contributed by atoms with van der Waals surface area (Å²) in [6, 6.07) is 0. The van der Waals surface area contributed by atoms with Gasteiger partial charge in [-0.3, -0.25) is 0 Å². The van der Waals surface area contributed by atoms with Crippen LogP contribution in [0.4, 0.5) is 0 Å². The standard InChI is InChI=1S/C10H19NO6S2/c1-2-3-19-10(18)11-17-9-8(15)7(14)6(13)5(4-12)16-9/h5-9,12-15H,2-4H2,1H3,(H,11,18)/t5-,6+,7+,8-,9?/m1/s1. The molecule has 0 bridgehead atoms. The second-order valence-electron chi connectivity index (χ2n) is 4.05. The van der Waals surface area contributed by atoms with Crippen LogP contribution in [0.5, 0.6) is 0 Å². The van der Waals surface area contributed by atoms with Crippen molar-refractivity contribution < 1.29 is 30.0 Å². The van der Waals surface area contributed by atoms with Crippen molar-refractivity contribution in [2.45, 2.75) is 44.1 Å². The number of aliphatic hydroxyl groups is 4. The molecule has 0 saturated carbocycles. The molecule has 0 amide bonds. The van der Waals surface area contributed by atoms with E-state index in [1.165, 1.54) is 11.8 Å². The van der Waals surface area contributed by atoms with E-state index < -0.39 is 37.3 Å². The normalized spacial score (nSPS) is 35.1. The van der Waals surface area contributed by atoms with E-state index in [0.29, 0.717) is 4.32 Å². The second-order valence-corrected chi connectivity index (χ2v) is 5.82. The van der Waals surface area contributed by atoms with Crippen molar-refractivity contribution >= 4 is 28.3 Å². The van der Waals surface area contributed by atoms with Crippen LogP contribution >= 0.6 is 24.0 Å². The number of nitrogens with one attached hydrogen (secondary N) is 1. The summed E-state index contributed by atoms with van der Waals surface area (Å²) in [4.78, 5) is 5.04. The fourth-order valence-corrected chi connectivity index (χ4v) is 2.29. The smallest absolute Gasteiger partial charge is 0.212 e. The van der Waals surface area contributed by atoms with Crippen molar-refractivity contribution in [2.75, 3.05) is 12.4 Å². The van der Waals surface area contributed by atoms with E-state index in [-0.39, 0.29) is 0 Å². The monoisotopic (exact) mass is 313 g/mol. The van der Waals surface area contributed by atoms with E-state index in [2.05, 4.69) is 5.48 Å². The molecule has 1 fully saturated rings. The van der Waals surface area contributed by atoms with Gasteiger partial charge in [-0.15, -0.1) is 0 Å². The molecule has 19 heavy (non-hydrogen) atoms. The molecule has 0 aliphatic carbocycles. The molecule has 0 aromatic rings. The summed E-state index contributed by atoms with van der Waals surface area (Å²) in [6.07, 6.45) is -5.58. The maximum absolute atomic E-state index is 9.68. The van der Waals surface area contributed by atoms with Gasteiger partial charge in [0, 0.05) is 5.75 Å².